The van der Waals surface area contributed by atoms with Crippen LogP contribution in [0.1, 0.15) is 19.5 Å². The molecular weight excluding hydrogens is 206 g/mol. The highest BCUT2D eigenvalue weighted by atomic mass is 16.5. The van der Waals surface area contributed by atoms with E-state index in [0.717, 1.165) is 18.8 Å². The van der Waals surface area contributed by atoms with Gasteiger partial charge in [0.15, 0.2) is 0 Å². The van der Waals surface area contributed by atoms with Crippen molar-refractivity contribution in [2.45, 2.75) is 20.8 Å². The summed E-state index contributed by atoms with van der Waals surface area (Å²) in [6.07, 6.45) is 0. The van der Waals surface area contributed by atoms with Gasteiger partial charge in [0.2, 0.25) is 5.88 Å². The number of aryl methyl sites for hydroxylation is 1. The molecule has 5 nitrogen and oxygen atoms in total. The van der Waals surface area contributed by atoms with Crippen molar-refractivity contribution in [1.82, 2.24) is 15.3 Å². The van der Waals surface area contributed by atoms with E-state index in [0.29, 0.717) is 25.1 Å². The summed E-state index contributed by atoms with van der Waals surface area (Å²) in [7, 11) is 0. The Labute approximate surface area is 96.2 Å². The van der Waals surface area contributed by atoms with E-state index in [9.17, 15) is 0 Å². The Morgan fingerprint density at radius 2 is 2.06 bits per heavy atom. The van der Waals surface area contributed by atoms with Crippen molar-refractivity contribution >= 4 is 0 Å². The first-order valence-electron chi connectivity index (χ1n) is 5.58. The third-order valence-electron chi connectivity index (χ3n) is 1.86. The predicted molar refractivity (Wildman–Crippen MR) is 62.0 cm³/mol. The molecule has 1 aromatic heterocycles. The van der Waals surface area contributed by atoms with Crippen molar-refractivity contribution in [2.75, 3.05) is 26.3 Å². The summed E-state index contributed by atoms with van der Waals surface area (Å²) in [4.78, 5) is 8.31. The molecule has 0 spiro atoms. The minimum absolute atomic E-state index is 0.376. The van der Waals surface area contributed by atoms with Gasteiger partial charge in [-0.3, -0.25) is 0 Å². The lowest BCUT2D eigenvalue weighted by Gasteiger charge is -2.07. The molecule has 0 saturated carbocycles. The van der Waals surface area contributed by atoms with E-state index in [1.165, 1.54) is 0 Å². The Hall–Kier alpha value is -1.36. The molecule has 0 unspecified atom stereocenters. The summed E-state index contributed by atoms with van der Waals surface area (Å²) < 4.78 is 10.7. The lowest BCUT2D eigenvalue weighted by molar-refractivity contribution is 0.275. The number of ether oxygens (including phenoxy) is 2. The number of nitrogens with zero attached hydrogens (tertiary/aromatic N) is 2. The standard InChI is InChI=1S/C11H19N3O2/c1-4-12-6-7-16-11-13-9(3)8-10(14-11)15-5-2/h8,12H,4-7H2,1-3H3. The number of hydrogen-bond acceptors (Lipinski definition) is 5. The van der Waals surface area contributed by atoms with E-state index in [2.05, 4.69) is 22.2 Å². The molecule has 0 bridgehead atoms. The Kier molecular flexibility index (Phi) is 5.56. The largest absolute Gasteiger partial charge is 0.478 e. The van der Waals surface area contributed by atoms with Gasteiger partial charge in [-0.2, -0.15) is 4.98 Å². The quantitative estimate of drug-likeness (QED) is 0.706. The minimum Gasteiger partial charge on any atom is -0.478 e. The van der Waals surface area contributed by atoms with Crippen molar-refractivity contribution in [2.24, 2.45) is 0 Å². The molecule has 0 fully saturated rings. The van der Waals surface area contributed by atoms with Crippen LogP contribution >= 0.6 is 0 Å². The molecule has 0 saturated heterocycles. The molecule has 0 amide bonds. The van der Waals surface area contributed by atoms with Gasteiger partial charge in [0, 0.05) is 18.3 Å². The van der Waals surface area contributed by atoms with Crippen LogP contribution in [0.25, 0.3) is 0 Å². The van der Waals surface area contributed by atoms with Crippen LogP contribution in [-0.4, -0.2) is 36.3 Å². The summed E-state index contributed by atoms with van der Waals surface area (Å²) in [6, 6.07) is 2.17. The maximum Gasteiger partial charge on any atom is 0.319 e. The molecule has 0 aliphatic heterocycles. The average Bonchev–Trinajstić information content (AvgIpc) is 2.24. The molecule has 90 valence electrons. The summed E-state index contributed by atoms with van der Waals surface area (Å²) in [6.45, 7) is 8.73. The molecule has 16 heavy (non-hydrogen) atoms. The molecule has 1 rings (SSSR count). The van der Waals surface area contributed by atoms with E-state index in [4.69, 9.17) is 9.47 Å². The summed E-state index contributed by atoms with van der Waals surface area (Å²) in [5.74, 6) is 0.563. The Bertz CT molecular complexity index is 318. The van der Waals surface area contributed by atoms with Crippen LogP contribution in [-0.2, 0) is 0 Å². The van der Waals surface area contributed by atoms with Gasteiger partial charge < -0.3 is 14.8 Å². The Morgan fingerprint density at radius 3 is 2.75 bits per heavy atom. The van der Waals surface area contributed by atoms with Crippen LogP contribution < -0.4 is 14.8 Å². The summed E-state index contributed by atoms with van der Waals surface area (Å²) in [5.41, 5.74) is 0.844. The molecular formula is C11H19N3O2. The molecule has 1 heterocycles. The van der Waals surface area contributed by atoms with Gasteiger partial charge in [0.1, 0.15) is 6.61 Å². The van der Waals surface area contributed by atoms with E-state index in [1.54, 1.807) is 6.07 Å². The van der Waals surface area contributed by atoms with Gasteiger partial charge in [0.25, 0.3) is 0 Å². The third kappa shape index (κ3) is 4.44. The molecule has 1 N–H and O–H groups in total. The Balaban J connectivity index is 2.51. The van der Waals surface area contributed by atoms with Gasteiger partial charge >= 0.3 is 6.01 Å². The third-order valence-corrected chi connectivity index (χ3v) is 1.86. The predicted octanol–water partition coefficient (Wildman–Crippen LogP) is 1.17. The van der Waals surface area contributed by atoms with Crippen LogP contribution in [0.15, 0.2) is 6.07 Å². The van der Waals surface area contributed by atoms with Crippen LogP contribution in [0.5, 0.6) is 11.9 Å². The van der Waals surface area contributed by atoms with Crippen molar-refractivity contribution in [3.05, 3.63) is 11.8 Å². The van der Waals surface area contributed by atoms with Crippen molar-refractivity contribution < 1.29 is 9.47 Å². The molecule has 0 aliphatic rings. The van der Waals surface area contributed by atoms with Gasteiger partial charge in [-0.15, -0.1) is 0 Å². The first-order chi connectivity index (χ1) is 7.76. The first-order valence-corrected chi connectivity index (χ1v) is 5.58. The van der Waals surface area contributed by atoms with Crippen LogP contribution in [0.4, 0.5) is 0 Å². The molecule has 5 heteroatoms. The topological polar surface area (TPSA) is 56.3 Å². The van der Waals surface area contributed by atoms with Gasteiger partial charge in [-0.05, 0) is 20.4 Å². The first kappa shape index (κ1) is 12.7. The fourth-order valence-electron chi connectivity index (χ4n) is 1.19. The number of hydrogen-bond donors (Lipinski definition) is 1. The highest BCUT2D eigenvalue weighted by Crippen LogP contribution is 2.13. The van der Waals surface area contributed by atoms with E-state index >= 15 is 0 Å². The molecule has 0 radical (unpaired) electrons. The number of nitrogens with one attached hydrogen (secondary N) is 1. The van der Waals surface area contributed by atoms with Crippen LogP contribution in [0.2, 0.25) is 0 Å². The van der Waals surface area contributed by atoms with Gasteiger partial charge in [0.05, 0.1) is 6.61 Å². The highest BCUT2D eigenvalue weighted by Gasteiger charge is 2.03. The van der Waals surface area contributed by atoms with Crippen molar-refractivity contribution in [3.63, 3.8) is 0 Å². The summed E-state index contributed by atoms with van der Waals surface area (Å²) in [5, 5.41) is 3.16. The minimum atomic E-state index is 0.376. The second-order valence-corrected chi connectivity index (χ2v) is 3.27. The van der Waals surface area contributed by atoms with Crippen LogP contribution in [0, 0.1) is 6.92 Å². The van der Waals surface area contributed by atoms with Crippen molar-refractivity contribution in [3.8, 4) is 11.9 Å². The number of likely N-dealkylation sites (N-methyl/N-ethyl adjacent to an activating group) is 1. The van der Waals surface area contributed by atoms with Gasteiger partial charge in [-0.25, -0.2) is 4.98 Å². The maximum absolute atomic E-state index is 5.41. The fourth-order valence-corrected chi connectivity index (χ4v) is 1.19. The molecule has 0 atom stereocenters. The number of aromatic nitrogens is 2. The molecule has 1 aromatic rings. The fraction of sp³-hybridized carbons (Fsp3) is 0.636. The smallest absolute Gasteiger partial charge is 0.319 e. The lowest BCUT2D eigenvalue weighted by Crippen LogP contribution is -2.21. The van der Waals surface area contributed by atoms with Crippen molar-refractivity contribution in [1.29, 1.82) is 0 Å². The second kappa shape index (κ2) is 7.00. The zero-order chi connectivity index (χ0) is 11.8. The van der Waals surface area contributed by atoms with Crippen LogP contribution in [0.3, 0.4) is 0 Å². The maximum atomic E-state index is 5.41. The monoisotopic (exact) mass is 225 g/mol. The number of rotatable bonds is 7. The zero-order valence-corrected chi connectivity index (χ0v) is 10.1. The highest BCUT2D eigenvalue weighted by molar-refractivity contribution is 5.17. The molecule has 0 aromatic carbocycles. The SMILES string of the molecule is CCNCCOc1nc(C)cc(OCC)n1. The normalized spacial score (nSPS) is 10.2. The van der Waals surface area contributed by atoms with E-state index in [-0.39, 0.29) is 0 Å². The Morgan fingerprint density at radius 1 is 1.25 bits per heavy atom. The summed E-state index contributed by atoms with van der Waals surface area (Å²) >= 11 is 0. The van der Waals surface area contributed by atoms with Gasteiger partial charge in [-0.1, -0.05) is 6.92 Å². The lowest BCUT2D eigenvalue weighted by atomic mass is 10.4. The second-order valence-electron chi connectivity index (χ2n) is 3.27. The average molecular weight is 225 g/mol. The van der Waals surface area contributed by atoms with E-state index < -0.39 is 0 Å². The van der Waals surface area contributed by atoms with E-state index in [1.807, 2.05) is 13.8 Å². The molecule has 0 aliphatic carbocycles. The zero-order valence-electron chi connectivity index (χ0n) is 10.1.